The van der Waals surface area contributed by atoms with Crippen LogP contribution in [-0.4, -0.2) is 71.6 Å². The van der Waals surface area contributed by atoms with Crippen LogP contribution < -0.4 is 5.48 Å². The zero-order valence-corrected chi connectivity index (χ0v) is 39.7. The fraction of sp³-hybridized carbons (Fsp3) is 0.714. The first-order valence-electron chi connectivity index (χ1n) is 23.0. The predicted octanol–water partition coefficient (Wildman–Crippen LogP) is 9.61. The van der Waals surface area contributed by atoms with Gasteiger partial charge in [0, 0.05) is 43.5 Å². The standard InChI is InChI=1S/C49H71NO10S2/c1-31(2)14-13-17-35(46(55)57-30-34-15-9-8-10-16-34)44-37-28-38(52)45-47(5)23-20-39(32(3)36(47)19-24-48(45,6)49(37,7)29-40(44)58-33(4)51)59-42(54)22-27-62-61-26-21-41(53)50-60-43-18-11-12-25-56-43/h8-10,14-16,32,36-40,43,45,52H,11-13,17-30H2,1-7H3,(H,50,53)/b44-35-/t32-,36-,37-,38+,39+,40-,43?,45-,47-,48-,49-/m0/s1. The number of hydrogen-bond acceptors (Lipinski definition) is 12. The van der Waals surface area contributed by atoms with Gasteiger partial charge in [-0.25, -0.2) is 15.1 Å². The number of allylic oxidation sites excluding steroid dienone is 2. The van der Waals surface area contributed by atoms with E-state index in [0.29, 0.717) is 62.2 Å². The number of aliphatic hydroxyl groups is 1. The van der Waals surface area contributed by atoms with Crippen molar-refractivity contribution in [3.63, 3.8) is 0 Å². The molecule has 1 aromatic rings. The first-order valence-corrected chi connectivity index (χ1v) is 25.5. The first-order chi connectivity index (χ1) is 29.6. The second kappa shape index (κ2) is 21.4. The normalized spacial score (nSPS) is 34.7. The van der Waals surface area contributed by atoms with Gasteiger partial charge in [0.15, 0.2) is 6.29 Å². The molecule has 4 aliphatic carbocycles. The first kappa shape index (κ1) is 48.6. The SMILES string of the molecule is CC(=O)O[C@H]1C[C@@]2(C)[C@@H](C[C@@H](O)[C@H]3[C@@]4(C)CC[C@@H](OC(=O)CCSSCCC(=O)NOC5CCCCO5)[C@@H](C)[C@@H]4CC[C@@]32C)/C1=C(\CCC=C(C)C)C(=O)OCc1ccccc1. The number of fused-ring (bicyclic) bond motifs is 5. The molecule has 4 saturated carbocycles. The molecular formula is C49H71NO10S2. The van der Waals surface area contributed by atoms with E-state index in [2.05, 4.69) is 39.3 Å². The van der Waals surface area contributed by atoms with E-state index in [0.717, 1.165) is 61.7 Å². The number of ether oxygens (including phenoxy) is 4. The molecule has 13 heteroatoms. The maximum atomic E-state index is 14.2. The number of nitrogens with one attached hydrogen (secondary N) is 1. The van der Waals surface area contributed by atoms with Crippen molar-refractivity contribution in [2.45, 2.75) is 163 Å². The Labute approximate surface area is 377 Å². The number of rotatable bonds is 17. The number of aliphatic hydroxyl groups excluding tert-OH is 1. The van der Waals surface area contributed by atoms with Crippen LogP contribution in [0.4, 0.5) is 0 Å². The Hall–Kier alpha value is -2.84. The molecule has 2 N–H and O–H groups in total. The van der Waals surface area contributed by atoms with Gasteiger partial charge < -0.3 is 24.1 Å². The number of amides is 1. The van der Waals surface area contributed by atoms with Gasteiger partial charge in [-0.15, -0.1) is 0 Å². The molecular weight excluding hydrogens is 827 g/mol. The maximum absolute atomic E-state index is 14.2. The highest BCUT2D eigenvalue weighted by atomic mass is 33.1. The van der Waals surface area contributed by atoms with Crippen LogP contribution in [0.5, 0.6) is 0 Å². The van der Waals surface area contributed by atoms with E-state index in [9.17, 15) is 24.3 Å². The molecule has 11 nitrogen and oxygen atoms in total. The molecule has 6 rings (SSSR count). The third-order valence-electron chi connectivity index (χ3n) is 15.3. The van der Waals surface area contributed by atoms with Crippen molar-refractivity contribution in [1.82, 2.24) is 5.48 Å². The zero-order chi connectivity index (χ0) is 44.7. The summed E-state index contributed by atoms with van der Waals surface area (Å²) < 4.78 is 23.9. The fourth-order valence-corrected chi connectivity index (χ4v) is 14.3. The Morgan fingerprint density at radius 1 is 0.919 bits per heavy atom. The van der Waals surface area contributed by atoms with Crippen LogP contribution in [-0.2, 0) is 49.6 Å². The summed E-state index contributed by atoms with van der Waals surface area (Å²) in [6.45, 7) is 15.5. The maximum Gasteiger partial charge on any atom is 0.334 e. The van der Waals surface area contributed by atoms with Crippen molar-refractivity contribution >= 4 is 45.4 Å². The topological polar surface area (TPSA) is 147 Å². The lowest BCUT2D eigenvalue weighted by atomic mass is 9.36. The lowest BCUT2D eigenvalue weighted by Crippen LogP contribution is -2.65. The van der Waals surface area contributed by atoms with Crippen LogP contribution in [0.15, 0.2) is 53.1 Å². The van der Waals surface area contributed by atoms with Crippen LogP contribution >= 0.6 is 21.6 Å². The van der Waals surface area contributed by atoms with Gasteiger partial charge in [-0.1, -0.05) is 91.3 Å². The van der Waals surface area contributed by atoms with E-state index in [-0.39, 0.29) is 82.7 Å². The molecule has 11 atom stereocenters. The average Bonchev–Trinajstić information content (AvgIpc) is 3.51. The lowest BCUT2D eigenvalue weighted by Gasteiger charge is -2.69. The van der Waals surface area contributed by atoms with Crippen molar-refractivity contribution in [1.29, 1.82) is 0 Å². The fourth-order valence-electron chi connectivity index (χ4n) is 12.3. The Morgan fingerprint density at radius 2 is 1.66 bits per heavy atom. The van der Waals surface area contributed by atoms with Crippen molar-refractivity contribution in [3.8, 4) is 0 Å². The van der Waals surface area contributed by atoms with E-state index in [1.54, 1.807) is 21.6 Å². The van der Waals surface area contributed by atoms with Crippen molar-refractivity contribution in [3.05, 3.63) is 58.7 Å². The molecule has 0 spiro atoms. The summed E-state index contributed by atoms with van der Waals surface area (Å²) in [5.74, 6) is 0.205. The van der Waals surface area contributed by atoms with E-state index < -0.39 is 12.2 Å². The minimum absolute atomic E-state index is 0.0340. The molecule has 5 aliphatic rings. The molecule has 0 radical (unpaired) electrons. The highest BCUT2D eigenvalue weighted by molar-refractivity contribution is 8.76. The third-order valence-corrected chi connectivity index (χ3v) is 17.8. The number of carbonyl (C=O) groups is 4. The summed E-state index contributed by atoms with van der Waals surface area (Å²) in [6, 6.07) is 9.65. The number of esters is 3. The van der Waals surface area contributed by atoms with Gasteiger partial charge >= 0.3 is 17.9 Å². The average molecular weight is 898 g/mol. The summed E-state index contributed by atoms with van der Waals surface area (Å²) in [5.41, 5.74) is 5.04. The van der Waals surface area contributed by atoms with Gasteiger partial charge in [0.1, 0.15) is 18.8 Å². The Balaban J connectivity index is 1.11. The third kappa shape index (κ3) is 11.0. The highest BCUT2D eigenvalue weighted by Gasteiger charge is 2.71. The number of carbonyl (C=O) groups excluding carboxylic acids is 4. The molecule has 344 valence electrons. The molecule has 0 aromatic heterocycles. The van der Waals surface area contributed by atoms with Gasteiger partial charge in [-0.2, -0.15) is 0 Å². The highest BCUT2D eigenvalue weighted by Crippen LogP contribution is 2.74. The quantitative estimate of drug-likeness (QED) is 0.0292. The largest absolute Gasteiger partial charge is 0.462 e. The van der Waals surface area contributed by atoms with Gasteiger partial charge in [0.05, 0.1) is 12.5 Å². The molecule has 1 aliphatic heterocycles. The smallest absolute Gasteiger partial charge is 0.334 e. The van der Waals surface area contributed by atoms with Crippen LogP contribution in [0.2, 0.25) is 0 Å². The predicted molar refractivity (Wildman–Crippen MR) is 242 cm³/mol. The second-order valence-electron chi connectivity index (χ2n) is 19.4. The summed E-state index contributed by atoms with van der Waals surface area (Å²) >= 11 is 0. The van der Waals surface area contributed by atoms with Crippen LogP contribution in [0.25, 0.3) is 0 Å². The van der Waals surface area contributed by atoms with E-state index in [4.69, 9.17) is 23.8 Å². The van der Waals surface area contributed by atoms with Crippen LogP contribution in [0, 0.1) is 39.9 Å². The monoisotopic (exact) mass is 897 g/mol. The molecule has 0 bridgehead atoms. The second-order valence-corrected chi connectivity index (χ2v) is 22.1. The minimum atomic E-state index is -0.637. The van der Waals surface area contributed by atoms with Crippen molar-refractivity contribution < 1.29 is 48.1 Å². The summed E-state index contributed by atoms with van der Waals surface area (Å²) in [7, 11) is 3.12. The van der Waals surface area contributed by atoms with E-state index in [1.807, 2.05) is 44.2 Å². The van der Waals surface area contributed by atoms with Crippen molar-refractivity contribution in [2.24, 2.45) is 39.9 Å². The minimum Gasteiger partial charge on any atom is -0.462 e. The molecule has 1 amide bonds. The molecule has 1 unspecified atom stereocenters. The molecule has 5 fully saturated rings. The zero-order valence-electron chi connectivity index (χ0n) is 38.0. The number of benzene rings is 1. The van der Waals surface area contributed by atoms with Crippen LogP contribution in [0.1, 0.15) is 138 Å². The molecule has 1 heterocycles. The molecule has 1 aromatic carbocycles. The van der Waals surface area contributed by atoms with Gasteiger partial charge in [-0.3, -0.25) is 14.4 Å². The Kier molecular flexibility index (Phi) is 16.8. The van der Waals surface area contributed by atoms with Crippen molar-refractivity contribution in [2.75, 3.05) is 18.1 Å². The lowest BCUT2D eigenvalue weighted by molar-refractivity contribution is -0.236. The van der Waals surface area contributed by atoms with Gasteiger partial charge in [-0.05, 0) is 129 Å². The van der Waals surface area contributed by atoms with E-state index in [1.165, 1.54) is 6.92 Å². The molecule has 1 saturated heterocycles. The van der Waals surface area contributed by atoms with Gasteiger partial charge in [0.2, 0.25) is 5.91 Å². The summed E-state index contributed by atoms with van der Waals surface area (Å²) in [4.78, 5) is 57.7. The summed E-state index contributed by atoms with van der Waals surface area (Å²) in [6.07, 6.45) is 9.27. The Bertz CT molecular complexity index is 1790. The van der Waals surface area contributed by atoms with E-state index >= 15 is 0 Å². The summed E-state index contributed by atoms with van der Waals surface area (Å²) in [5, 5.41) is 12.5. The van der Waals surface area contributed by atoms with Crippen LogP contribution in [0.3, 0.4) is 0 Å². The Morgan fingerprint density at radius 3 is 2.35 bits per heavy atom. The number of hydrogen-bond donors (Lipinski definition) is 2. The van der Waals surface area contributed by atoms with Gasteiger partial charge in [0.25, 0.3) is 0 Å². The number of hydroxylamine groups is 1. The molecule has 62 heavy (non-hydrogen) atoms.